The minimum Gasteiger partial charge on any atom is -0.491 e. The maximum absolute atomic E-state index is 12.6. The topological polar surface area (TPSA) is 63.6 Å². The van der Waals surface area contributed by atoms with E-state index in [4.69, 9.17) is 4.74 Å². The van der Waals surface area contributed by atoms with Gasteiger partial charge < -0.3 is 9.84 Å². The summed E-state index contributed by atoms with van der Waals surface area (Å²) in [6.07, 6.45) is -0.344. The van der Waals surface area contributed by atoms with E-state index in [-0.39, 0.29) is 29.8 Å². The van der Waals surface area contributed by atoms with E-state index in [0.29, 0.717) is 12.2 Å². The predicted octanol–water partition coefficient (Wildman–Crippen LogP) is 1.00. The molecule has 0 radical (unpaired) electrons. The molecule has 6 heteroatoms. The van der Waals surface area contributed by atoms with Crippen LogP contribution in [-0.4, -0.2) is 37.7 Å². The molecule has 1 aromatic carbocycles. The van der Waals surface area contributed by atoms with Crippen LogP contribution < -0.4 is 4.74 Å². The second-order valence-corrected chi connectivity index (χ2v) is 6.72. The van der Waals surface area contributed by atoms with Gasteiger partial charge in [0.1, 0.15) is 18.2 Å². The van der Waals surface area contributed by atoms with Crippen molar-refractivity contribution in [3.8, 4) is 5.75 Å². The highest BCUT2D eigenvalue weighted by atomic mass is 32.2. The quantitative estimate of drug-likeness (QED) is 0.889. The minimum atomic E-state index is -2.99. The molecule has 1 fully saturated rings. The Hall–Kier alpha value is -1.14. The molecule has 1 N–H and O–H groups in total. The Bertz CT molecular complexity index is 497. The molecular formula is C12H15FO4S. The molecule has 0 amide bonds. The van der Waals surface area contributed by atoms with Crippen molar-refractivity contribution in [2.75, 3.05) is 18.1 Å². The van der Waals surface area contributed by atoms with Gasteiger partial charge >= 0.3 is 0 Å². The number of halogens is 1. The van der Waals surface area contributed by atoms with Crippen LogP contribution in [-0.2, 0) is 9.84 Å². The fourth-order valence-corrected chi connectivity index (χ4v) is 3.85. The van der Waals surface area contributed by atoms with Gasteiger partial charge in [0.05, 0.1) is 17.6 Å². The van der Waals surface area contributed by atoms with Crippen molar-refractivity contribution in [2.24, 2.45) is 5.92 Å². The smallest absolute Gasteiger partial charge is 0.150 e. The standard InChI is InChI=1S/C12H15FO4S/c13-10-1-3-11(4-2-10)17-7-12(14)9-5-6-18(15,16)8-9/h1-4,9,12,14H,5-8H2. The molecule has 0 saturated carbocycles. The Labute approximate surface area is 105 Å². The number of ether oxygens (including phenoxy) is 1. The van der Waals surface area contributed by atoms with Crippen molar-refractivity contribution in [1.82, 2.24) is 0 Å². The maximum Gasteiger partial charge on any atom is 0.150 e. The van der Waals surface area contributed by atoms with Crippen LogP contribution in [0.2, 0.25) is 0 Å². The SMILES string of the molecule is O=S1(=O)CCC(C(O)COc2ccc(F)cc2)C1. The van der Waals surface area contributed by atoms with E-state index >= 15 is 0 Å². The summed E-state index contributed by atoms with van der Waals surface area (Å²) >= 11 is 0. The number of hydrogen-bond donors (Lipinski definition) is 1. The summed E-state index contributed by atoms with van der Waals surface area (Å²) in [5.74, 6) is -0.0248. The average Bonchev–Trinajstić information content (AvgIpc) is 2.69. The normalized spacial score (nSPS) is 23.8. The second kappa shape index (κ2) is 5.24. The van der Waals surface area contributed by atoms with Crippen LogP contribution in [0.15, 0.2) is 24.3 Å². The molecule has 2 atom stereocenters. The second-order valence-electron chi connectivity index (χ2n) is 4.50. The van der Waals surface area contributed by atoms with Crippen LogP contribution >= 0.6 is 0 Å². The van der Waals surface area contributed by atoms with Crippen molar-refractivity contribution in [3.05, 3.63) is 30.1 Å². The van der Waals surface area contributed by atoms with E-state index in [1.54, 1.807) is 0 Å². The molecule has 1 heterocycles. The summed E-state index contributed by atoms with van der Waals surface area (Å²) in [4.78, 5) is 0. The maximum atomic E-state index is 12.6. The first-order chi connectivity index (χ1) is 8.46. The molecule has 18 heavy (non-hydrogen) atoms. The van der Waals surface area contributed by atoms with Gasteiger partial charge in [-0.15, -0.1) is 0 Å². The van der Waals surface area contributed by atoms with E-state index in [9.17, 15) is 17.9 Å². The number of sulfone groups is 1. The van der Waals surface area contributed by atoms with Crippen LogP contribution in [0.25, 0.3) is 0 Å². The van der Waals surface area contributed by atoms with E-state index in [2.05, 4.69) is 0 Å². The third kappa shape index (κ3) is 3.43. The Morgan fingerprint density at radius 3 is 2.61 bits per heavy atom. The molecular weight excluding hydrogens is 259 g/mol. The van der Waals surface area contributed by atoms with Gasteiger partial charge in [-0.2, -0.15) is 0 Å². The number of benzene rings is 1. The minimum absolute atomic E-state index is 0.0148. The van der Waals surface area contributed by atoms with Crippen LogP contribution in [0.5, 0.6) is 5.75 Å². The van der Waals surface area contributed by atoms with Crippen molar-refractivity contribution in [2.45, 2.75) is 12.5 Å². The molecule has 4 nitrogen and oxygen atoms in total. The van der Waals surface area contributed by atoms with Gasteiger partial charge in [0.25, 0.3) is 0 Å². The van der Waals surface area contributed by atoms with Gasteiger partial charge in [0.2, 0.25) is 0 Å². The summed E-state index contributed by atoms with van der Waals surface area (Å²) in [7, 11) is -2.99. The van der Waals surface area contributed by atoms with Crippen molar-refractivity contribution >= 4 is 9.84 Å². The summed E-state index contributed by atoms with van der Waals surface area (Å²) in [6.45, 7) is 0.0197. The number of aliphatic hydroxyl groups is 1. The van der Waals surface area contributed by atoms with Crippen LogP contribution in [0.3, 0.4) is 0 Å². The monoisotopic (exact) mass is 274 g/mol. The Balaban J connectivity index is 1.85. The van der Waals surface area contributed by atoms with E-state index in [1.165, 1.54) is 24.3 Å². The molecule has 1 aliphatic heterocycles. The molecule has 0 aliphatic carbocycles. The lowest BCUT2D eigenvalue weighted by Crippen LogP contribution is -2.28. The summed E-state index contributed by atoms with van der Waals surface area (Å²) < 4.78 is 40.5. The number of rotatable bonds is 4. The molecule has 0 aromatic heterocycles. The summed E-state index contributed by atoms with van der Waals surface area (Å²) in [5, 5.41) is 9.83. The van der Waals surface area contributed by atoms with Gasteiger partial charge in [-0.25, -0.2) is 12.8 Å². The molecule has 1 saturated heterocycles. The highest BCUT2D eigenvalue weighted by Crippen LogP contribution is 2.22. The van der Waals surface area contributed by atoms with Crippen LogP contribution in [0, 0.1) is 11.7 Å². The zero-order valence-corrected chi connectivity index (χ0v) is 10.6. The van der Waals surface area contributed by atoms with E-state index in [1.807, 2.05) is 0 Å². The molecule has 1 aliphatic rings. The van der Waals surface area contributed by atoms with Gasteiger partial charge in [-0.1, -0.05) is 0 Å². The van der Waals surface area contributed by atoms with Crippen molar-refractivity contribution < 1.29 is 22.7 Å². The van der Waals surface area contributed by atoms with Gasteiger partial charge in [-0.3, -0.25) is 0 Å². The van der Waals surface area contributed by atoms with Gasteiger partial charge in [-0.05, 0) is 30.7 Å². The first-order valence-electron chi connectivity index (χ1n) is 5.73. The zero-order valence-electron chi connectivity index (χ0n) is 9.75. The summed E-state index contributed by atoms with van der Waals surface area (Å²) in [6, 6.07) is 5.46. The van der Waals surface area contributed by atoms with Crippen molar-refractivity contribution in [1.29, 1.82) is 0 Å². The first kappa shape index (κ1) is 13.3. The Kier molecular flexibility index (Phi) is 3.87. The number of hydrogen-bond acceptors (Lipinski definition) is 4. The molecule has 100 valence electrons. The average molecular weight is 274 g/mol. The number of aliphatic hydroxyl groups excluding tert-OH is 1. The van der Waals surface area contributed by atoms with E-state index in [0.717, 1.165) is 0 Å². The lowest BCUT2D eigenvalue weighted by Gasteiger charge is -2.17. The van der Waals surface area contributed by atoms with Crippen LogP contribution in [0.1, 0.15) is 6.42 Å². The van der Waals surface area contributed by atoms with Crippen LogP contribution in [0.4, 0.5) is 4.39 Å². The predicted molar refractivity (Wildman–Crippen MR) is 64.7 cm³/mol. The lowest BCUT2D eigenvalue weighted by atomic mass is 10.0. The molecule has 0 bridgehead atoms. The van der Waals surface area contributed by atoms with Gasteiger partial charge in [0.15, 0.2) is 9.84 Å². The van der Waals surface area contributed by atoms with E-state index < -0.39 is 15.9 Å². The Morgan fingerprint density at radius 2 is 2.06 bits per heavy atom. The first-order valence-corrected chi connectivity index (χ1v) is 7.55. The highest BCUT2D eigenvalue weighted by Gasteiger charge is 2.33. The fourth-order valence-electron chi connectivity index (χ4n) is 1.98. The molecule has 2 rings (SSSR count). The highest BCUT2D eigenvalue weighted by molar-refractivity contribution is 7.91. The molecule has 0 spiro atoms. The zero-order chi connectivity index (χ0) is 13.2. The largest absolute Gasteiger partial charge is 0.491 e. The van der Waals surface area contributed by atoms with Crippen molar-refractivity contribution in [3.63, 3.8) is 0 Å². The van der Waals surface area contributed by atoms with Gasteiger partial charge in [0, 0.05) is 5.92 Å². The fraction of sp³-hybridized carbons (Fsp3) is 0.500. The molecule has 1 aromatic rings. The summed E-state index contributed by atoms with van der Waals surface area (Å²) in [5.41, 5.74) is 0. The third-order valence-corrected chi connectivity index (χ3v) is 4.84. The lowest BCUT2D eigenvalue weighted by molar-refractivity contribution is 0.0661. The third-order valence-electron chi connectivity index (χ3n) is 3.05. The Morgan fingerprint density at radius 1 is 1.39 bits per heavy atom. The molecule has 2 unspecified atom stereocenters.